The quantitative estimate of drug-likeness (QED) is 0.284. The molecule has 3 aliphatic rings. The van der Waals surface area contributed by atoms with Gasteiger partial charge in [-0.05, 0) is 48.2 Å². The molecule has 3 aliphatic heterocycles. The van der Waals surface area contributed by atoms with Crippen LogP contribution >= 0.6 is 11.8 Å². The number of para-hydroxylation sites is 2. The van der Waals surface area contributed by atoms with Crippen molar-refractivity contribution in [2.24, 2.45) is 0 Å². The van der Waals surface area contributed by atoms with Crippen molar-refractivity contribution in [3.63, 3.8) is 0 Å². The lowest BCUT2D eigenvalue weighted by molar-refractivity contribution is -0.117. The third-order valence-electron chi connectivity index (χ3n) is 6.52. The molecule has 0 N–H and O–H groups in total. The van der Waals surface area contributed by atoms with Crippen LogP contribution in [0.15, 0.2) is 54.2 Å². The molecule has 0 aliphatic carbocycles. The first-order valence-corrected chi connectivity index (χ1v) is 12.7. The molecule has 0 bridgehead atoms. The van der Waals surface area contributed by atoms with Gasteiger partial charge in [-0.25, -0.2) is 0 Å². The number of Topliss-reactive ketones (excluding diaryl/α,β-unsaturated/α-hetero) is 1. The summed E-state index contributed by atoms with van der Waals surface area (Å²) in [5.41, 5.74) is 3.74. The minimum absolute atomic E-state index is 0.00593. The highest BCUT2D eigenvalue weighted by atomic mass is 32.2. The fourth-order valence-corrected chi connectivity index (χ4v) is 5.80. The number of ether oxygens (including phenoxy) is 2. The molecule has 0 spiro atoms. The minimum Gasteiger partial charge on any atom is -0.485 e. The molecular formula is C26H24N4O4S. The lowest BCUT2D eigenvalue weighted by Gasteiger charge is -2.26. The second-order valence-corrected chi connectivity index (χ2v) is 9.73. The first-order valence-electron chi connectivity index (χ1n) is 11.7. The van der Waals surface area contributed by atoms with Crippen LogP contribution in [0.1, 0.15) is 39.8 Å². The number of aryl methyl sites for hydroxylation is 1. The van der Waals surface area contributed by atoms with Crippen molar-refractivity contribution in [1.82, 2.24) is 14.8 Å². The Balaban J connectivity index is 1.20. The zero-order valence-corrected chi connectivity index (χ0v) is 19.9. The average molecular weight is 489 g/mol. The number of carbonyl (C=O) groups excluding carboxylic acids is 2. The Morgan fingerprint density at radius 1 is 1.20 bits per heavy atom. The minimum atomic E-state index is -0.410. The number of hydrogen-bond acceptors (Lipinski definition) is 7. The monoisotopic (exact) mass is 488 g/mol. The van der Waals surface area contributed by atoms with Crippen molar-refractivity contribution in [3.05, 3.63) is 71.6 Å². The topological polar surface area (TPSA) is 86.6 Å². The molecule has 0 saturated carbocycles. The Labute approximate surface area is 206 Å². The van der Waals surface area contributed by atoms with E-state index in [0.717, 1.165) is 36.2 Å². The van der Waals surface area contributed by atoms with Crippen molar-refractivity contribution >= 4 is 29.1 Å². The molecule has 3 aromatic rings. The number of hydrogen-bond donors (Lipinski definition) is 0. The zero-order chi connectivity index (χ0) is 23.9. The molecule has 178 valence electrons. The molecular weight excluding hydrogens is 464 g/mol. The Bertz CT molecular complexity index is 1350. The molecule has 1 amide bonds. The van der Waals surface area contributed by atoms with Crippen LogP contribution in [0.25, 0.3) is 0 Å². The van der Waals surface area contributed by atoms with Crippen LogP contribution in [-0.2, 0) is 24.2 Å². The van der Waals surface area contributed by atoms with E-state index in [1.165, 1.54) is 11.8 Å². The fraction of sp³-hybridized carbons (Fsp3) is 0.308. The summed E-state index contributed by atoms with van der Waals surface area (Å²) in [7, 11) is 0. The molecule has 9 heteroatoms. The summed E-state index contributed by atoms with van der Waals surface area (Å²) in [6, 6.07) is 11.4. The van der Waals surface area contributed by atoms with E-state index in [0.29, 0.717) is 47.6 Å². The van der Waals surface area contributed by atoms with E-state index in [9.17, 15) is 9.59 Å². The van der Waals surface area contributed by atoms with Crippen molar-refractivity contribution < 1.29 is 19.1 Å². The fourth-order valence-electron chi connectivity index (χ4n) is 4.95. The van der Waals surface area contributed by atoms with Crippen LogP contribution in [0, 0.1) is 0 Å². The van der Waals surface area contributed by atoms with Crippen LogP contribution in [-0.4, -0.2) is 45.4 Å². The van der Waals surface area contributed by atoms with Gasteiger partial charge in [0.2, 0.25) is 5.91 Å². The third kappa shape index (κ3) is 3.89. The number of thioether (sulfide) groups is 1. The number of aromatic nitrogens is 3. The van der Waals surface area contributed by atoms with Gasteiger partial charge in [0, 0.05) is 18.7 Å². The first kappa shape index (κ1) is 21.9. The van der Waals surface area contributed by atoms with Gasteiger partial charge in [0.25, 0.3) is 0 Å². The van der Waals surface area contributed by atoms with Crippen LogP contribution in [0.3, 0.4) is 0 Å². The van der Waals surface area contributed by atoms with Gasteiger partial charge in [-0.3, -0.25) is 14.2 Å². The third-order valence-corrected chi connectivity index (χ3v) is 7.48. The van der Waals surface area contributed by atoms with E-state index < -0.39 is 6.10 Å². The number of ketones is 1. The van der Waals surface area contributed by atoms with Crippen LogP contribution < -0.4 is 14.4 Å². The SMILES string of the molecule is C=CCn1c(SCC(=O)c2cc3c4c(c2)CC(=O)N4CCC3)nnc1[C@@H]1COc2ccccc2O1. The van der Waals surface area contributed by atoms with Gasteiger partial charge in [0.15, 0.2) is 34.4 Å². The van der Waals surface area contributed by atoms with Crippen LogP contribution in [0.4, 0.5) is 5.69 Å². The molecule has 2 aromatic carbocycles. The predicted octanol–water partition coefficient (Wildman–Crippen LogP) is 3.79. The highest BCUT2D eigenvalue weighted by molar-refractivity contribution is 7.99. The smallest absolute Gasteiger partial charge is 0.231 e. The summed E-state index contributed by atoms with van der Waals surface area (Å²) in [5, 5.41) is 9.33. The molecule has 4 heterocycles. The molecule has 0 fully saturated rings. The maximum absolute atomic E-state index is 13.1. The second-order valence-electron chi connectivity index (χ2n) is 8.78. The molecule has 1 atom stereocenters. The van der Waals surface area contributed by atoms with E-state index in [1.54, 1.807) is 6.08 Å². The van der Waals surface area contributed by atoms with Gasteiger partial charge >= 0.3 is 0 Å². The largest absolute Gasteiger partial charge is 0.485 e. The lowest BCUT2D eigenvalue weighted by Crippen LogP contribution is -2.31. The molecule has 1 aromatic heterocycles. The summed E-state index contributed by atoms with van der Waals surface area (Å²) >= 11 is 1.34. The summed E-state index contributed by atoms with van der Waals surface area (Å²) in [6.07, 6.45) is 3.55. The Kier molecular flexibility index (Phi) is 5.56. The van der Waals surface area contributed by atoms with Crippen molar-refractivity contribution in [3.8, 4) is 11.5 Å². The molecule has 6 rings (SSSR count). The zero-order valence-electron chi connectivity index (χ0n) is 19.1. The molecule has 0 unspecified atom stereocenters. The standard InChI is InChI=1S/C26H24N4O4S/c1-2-9-30-25(22-14-33-20-7-3-4-8-21(20)34-22)27-28-26(30)35-15-19(31)17-11-16-6-5-10-29-23(32)13-18(12-17)24(16)29/h2-4,7-8,11-12,22H,1,5-6,9-10,13-15H2/t22-/m0/s1. The van der Waals surface area contributed by atoms with Crippen molar-refractivity contribution in [1.29, 1.82) is 0 Å². The highest BCUT2D eigenvalue weighted by Crippen LogP contribution is 2.38. The lowest BCUT2D eigenvalue weighted by atomic mass is 9.96. The maximum Gasteiger partial charge on any atom is 0.231 e. The van der Waals surface area contributed by atoms with Crippen molar-refractivity contribution in [2.75, 3.05) is 23.8 Å². The summed E-state index contributed by atoms with van der Waals surface area (Å²) in [4.78, 5) is 27.3. The Morgan fingerprint density at radius 2 is 2.03 bits per heavy atom. The van der Waals surface area contributed by atoms with Gasteiger partial charge < -0.3 is 14.4 Å². The summed E-state index contributed by atoms with van der Waals surface area (Å²) < 4.78 is 13.9. The van der Waals surface area contributed by atoms with Gasteiger partial charge in [-0.1, -0.05) is 30.0 Å². The second kappa shape index (κ2) is 8.88. The average Bonchev–Trinajstić information content (AvgIpc) is 3.43. The number of rotatable bonds is 7. The molecule has 0 saturated heterocycles. The van der Waals surface area contributed by atoms with E-state index in [4.69, 9.17) is 9.47 Å². The van der Waals surface area contributed by atoms with E-state index in [-0.39, 0.29) is 17.4 Å². The molecule has 8 nitrogen and oxygen atoms in total. The normalized spacial score (nSPS) is 17.9. The number of carbonyl (C=O) groups is 2. The van der Waals surface area contributed by atoms with Crippen LogP contribution in [0.2, 0.25) is 0 Å². The number of anilines is 1. The summed E-state index contributed by atoms with van der Waals surface area (Å²) in [6.45, 7) is 5.43. The van der Waals surface area contributed by atoms with Gasteiger partial charge in [-0.2, -0.15) is 0 Å². The number of amides is 1. The predicted molar refractivity (Wildman–Crippen MR) is 131 cm³/mol. The number of benzene rings is 2. The van der Waals surface area contributed by atoms with Crippen LogP contribution in [0.5, 0.6) is 11.5 Å². The number of fused-ring (bicyclic) bond motifs is 1. The van der Waals surface area contributed by atoms with Crippen molar-refractivity contribution in [2.45, 2.75) is 37.1 Å². The van der Waals surface area contributed by atoms with Gasteiger partial charge in [0.1, 0.15) is 6.61 Å². The highest BCUT2D eigenvalue weighted by Gasteiger charge is 2.33. The Morgan fingerprint density at radius 3 is 2.89 bits per heavy atom. The van der Waals surface area contributed by atoms with Gasteiger partial charge in [0.05, 0.1) is 17.9 Å². The first-order chi connectivity index (χ1) is 17.1. The Hall–Kier alpha value is -3.59. The molecule has 35 heavy (non-hydrogen) atoms. The number of nitrogens with zero attached hydrogens (tertiary/aromatic N) is 4. The number of allylic oxidation sites excluding steroid dienone is 1. The van der Waals surface area contributed by atoms with E-state index >= 15 is 0 Å². The van der Waals surface area contributed by atoms with Gasteiger partial charge in [-0.15, -0.1) is 16.8 Å². The van der Waals surface area contributed by atoms with E-state index in [2.05, 4.69) is 16.8 Å². The summed E-state index contributed by atoms with van der Waals surface area (Å²) in [5.74, 6) is 2.36. The van der Waals surface area contributed by atoms with E-state index in [1.807, 2.05) is 45.9 Å². The maximum atomic E-state index is 13.1. The molecule has 0 radical (unpaired) electrons.